The molecule has 132 valence electrons. The fraction of sp³-hybridized carbons (Fsp3) is 0.500. The van der Waals surface area contributed by atoms with E-state index in [1.807, 2.05) is 33.8 Å². The van der Waals surface area contributed by atoms with Crippen LogP contribution in [-0.2, 0) is 17.8 Å². The van der Waals surface area contributed by atoms with Gasteiger partial charge in [-0.2, -0.15) is 0 Å². The summed E-state index contributed by atoms with van der Waals surface area (Å²) in [6.45, 7) is 1.80. The Morgan fingerprint density at radius 2 is 2.08 bits per heavy atom. The van der Waals surface area contributed by atoms with Crippen LogP contribution in [0.2, 0.25) is 0 Å². The molecule has 0 bridgehead atoms. The summed E-state index contributed by atoms with van der Waals surface area (Å²) in [6, 6.07) is 8.17. The molecule has 1 aromatic carbocycles. The number of nitrogens with zero attached hydrogens (tertiary/aromatic N) is 4. The van der Waals surface area contributed by atoms with E-state index >= 15 is 0 Å². The number of aliphatic hydroxyl groups is 1. The van der Waals surface area contributed by atoms with E-state index in [9.17, 15) is 4.79 Å². The number of aromatic nitrogens is 3. The molecular formula is C18H22N4O3. The Hall–Kier alpha value is -2.41. The van der Waals surface area contributed by atoms with Crippen molar-refractivity contribution in [3.8, 4) is 5.75 Å². The van der Waals surface area contributed by atoms with Crippen molar-refractivity contribution in [3.63, 3.8) is 0 Å². The number of hydrogen-bond donors (Lipinski definition) is 1. The molecule has 0 aliphatic carbocycles. The molecule has 25 heavy (non-hydrogen) atoms. The van der Waals surface area contributed by atoms with Crippen LogP contribution in [0.5, 0.6) is 5.75 Å². The van der Waals surface area contributed by atoms with Crippen molar-refractivity contribution in [2.75, 3.05) is 19.7 Å². The van der Waals surface area contributed by atoms with Gasteiger partial charge in [-0.05, 0) is 30.9 Å². The van der Waals surface area contributed by atoms with Crippen molar-refractivity contribution in [3.05, 3.63) is 41.7 Å². The molecule has 1 fully saturated rings. The Morgan fingerprint density at radius 3 is 2.84 bits per heavy atom. The zero-order valence-corrected chi connectivity index (χ0v) is 14.0. The van der Waals surface area contributed by atoms with Gasteiger partial charge in [0.1, 0.15) is 18.1 Å². The maximum absolute atomic E-state index is 12.8. The lowest BCUT2D eigenvalue weighted by Crippen LogP contribution is -2.45. The number of ether oxygens (including phenoxy) is 1. The van der Waals surface area contributed by atoms with E-state index in [2.05, 4.69) is 10.3 Å². The van der Waals surface area contributed by atoms with E-state index in [-0.39, 0.29) is 24.5 Å². The third kappa shape index (κ3) is 3.24. The third-order valence-corrected chi connectivity index (χ3v) is 5.10. The first-order valence-electron chi connectivity index (χ1n) is 8.75. The number of para-hydroxylation sites is 1. The lowest BCUT2D eigenvalue weighted by Gasteiger charge is -2.35. The van der Waals surface area contributed by atoms with Crippen molar-refractivity contribution in [2.45, 2.75) is 31.9 Å². The number of aliphatic hydroxyl groups excluding tert-OH is 1. The van der Waals surface area contributed by atoms with E-state index in [4.69, 9.17) is 9.84 Å². The van der Waals surface area contributed by atoms with Crippen molar-refractivity contribution < 1.29 is 14.6 Å². The van der Waals surface area contributed by atoms with Crippen LogP contribution in [0.1, 0.15) is 30.1 Å². The minimum atomic E-state index is -0.0983. The molecule has 2 aliphatic heterocycles. The van der Waals surface area contributed by atoms with E-state index in [1.54, 1.807) is 6.20 Å². The van der Waals surface area contributed by atoms with E-state index in [1.165, 1.54) is 0 Å². The van der Waals surface area contributed by atoms with Crippen LogP contribution in [-0.4, -0.2) is 50.6 Å². The van der Waals surface area contributed by atoms with Crippen molar-refractivity contribution in [1.82, 2.24) is 19.9 Å². The van der Waals surface area contributed by atoms with Gasteiger partial charge >= 0.3 is 0 Å². The Labute approximate surface area is 146 Å². The van der Waals surface area contributed by atoms with Gasteiger partial charge in [0.2, 0.25) is 5.91 Å². The number of amides is 1. The monoisotopic (exact) mass is 342 g/mol. The Balaban J connectivity index is 1.35. The summed E-state index contributed by atoms with van der Waals surface area (Å²) in [7, 11) is 0. The number of piperidine rings is 1. The zero-order valence-electron chi connectivity index (χ0n) is 14.0. The summed E-state index contributed by atoms with van der Waals surface area (Å²) in [5.74, 6) is 0.984. The van der Waals surface area contributed by atoms with Crippen LogP contribution >= 0.6 is 0 Å². The summed E-state index contributed by atoms with van der Waals surface area (Å²) in [5, 5.41) is 17.1. The molecular weight excluding hydrogens is 320 g/mol. The normalized spacial score (nSPS) is 20.8. The van der Waals surface area contributed by atoms with Gasteiger partial charge in [-0.3, -0.25) is 4.79 Å². The van der Waals surface area contributed by atoms with Gasteiger partial charge in [-0.1, -0.05) is 23.4 Å². The number of benzene rings is 1. The average molecular weight is 342 g/mol. The summed E-state index contributed by atoms with van der Waals surface area (Å²) >= 11 is 0. The fourth-order valence-corrected chi connectivity index (χ4v) is 3.66. The van der Waals surface area contributed by atoms with Gasteiger partial charge in [0.25, 0.3) is 0 Å². The maximum Gasteiger partial charge on any atom is 0.229 e. The van der Waals surface area contributed by atoms with Crippen LogP contribution < -0.4 is 4.74 Å². The molecule has 1 aromatic heterocycles. The van der Waals surface area contributed by atoms with Gasteiger partial charge in [0.05, 0.1) is 24.8 Å². The predicted octanol–water partition coefficient (Wildman–Crippen LogP) is 1.19. The minimum Gasteiger partial charge on any atom is -0.492 e. The second kappa shape index (κ2) is 6.84. The molecule has 0 radical (unpaired) electrons. The minimum absolute atomic E-state index is 0.0967. The number of likely N-dealkylation sites (tertiary alicyclic amines) is 1. The topological polar surface area (TPSA) is 80.5 Å². The van der Waals surface area contributed by atoms with Crippen LogP contribution in [0.3, 0.4) is 0 Å². The lowest BCUT2D eigenvalue weighted by atomic mass is 9.94. The first kappa shape index (κ1) is 16.1. The highest BCUT2D eigenvalue weighted by molar-refractivity contribution is 5.80. The number of fused-ring (bicyclic) bond motifs is 1. The van der Waals surface area contributed by atoms with Gasteiger partial charge < -0.3 is 14.7 Å². The smallest absolute Gasteiger partial charge is 0.229 e. The van der Waals surface area contributed by atoms with Crippen LogP contribution in [0, 0.1) is 5.92 Å². The molecule has 1 atom stereocenters. The summed E-state index contributed by atoms with van der Waals surface area (Å²) in [6.07, 6.45) is 4.24. The number of carbonyl (C=O) groups excluding carboxylic acids is 1. The van der Waals surface area contributed by atoms with Gasteiger partial charge in [-0.25, -0.2) is 4.68 Å². The van der Waals surface area contributed by atoms with Gasteiger partial charge in [0, 0.05) is 13.1 Å². The summed E-state index contributed by atoms with van der Waals surface area (Å²) in [4.78, 5) is 14.8. The number of hydrogen-bond acceptors (Lipinski definition) is 5. The van der Waals surface area contributed by atoms with Crippen molar-refractivity contribution >= 4 is 5.91 Å². The molecule has 0 spiro atoms. The van der Waals surface area contributed by atoms with Crippen molar-refractivity contribution in [1.29, 1.82) is 0 Å². The SMILES string of the molecule is O=C([C@@H]1COc2ccccc2C1)N1CCC(n2cc(CO)nn2)CC1. The Kier molecular flexibility index (Phi) is 4.40. The second-order valence-electron chi connectivity index (χ2n) is 6.72. The molecule has 1 N–H and O–H groups in total. The molecule has 0 saturated carbocycles. The van der Waals surface area contributed by atoms with E-state index in [0.717, 1.165) is 43.7 Å². The molecule has 1 amide bonds. The fourth-order valence-electron chi connectivity index (χ4n) is 3.66. The standard InChI is InChI=1S/C18H22N4O3/c23-11-15-10-22(20-19-15)16-5-7-21(8-6-16)18(24)14-9-13-3-1-2-4-17(13)25-12-14/h1-4,10,14,16,23H,5-9,11-12H2/t14-/m0/s1. The first-order valence-corrected chi connectivity index (χ1v) is 8.75. The Morgan fingerprint density at radius 1 is 1.28 bits per heavy atom. The number of rotatable bonds is 3. The molecule has 7 nitrogen and oxygen atoms in total. The predicted molar refractivity (Wildman–Crippen MR) is 89.9 cm³/mol. The molecule has 3 heterocycles. The largest absolute Gasteiger partial charge is 0.492 e. The lowest BCUT2D eigenvalue weighted by molar-refractivity contribution is -0.138. The van der Waals surface area contributed by atoms with Crippen LogP contribution in [0.25, 0.3) is 0 Å². The summed E-state index contributed by atoms with van der Waals surface area (Å²) < 4.78 is 7.57. The van der Waals surface area contributed by atoms with E-state index < -0.39 is 0 Å². The number of carbonyl (C=O) groups is 1. The van der Waals surface area contributed by atoms with Crippen LogP contribution in [0.15, 0.2) is 30.5 Å². The highest BCUT2D eigenvalue weighted by Crippen LogP contribution is 2.29. The first-order chi connectivity index (χ1) is 12.2. The quantitative estimate of drug-likeness (QED) is 0.906. The molecule has 2 aliphatic rings. The molecule has 4 rings (SSSR count). The zero-order chi connectivity index (χ0) is 17.2. The molecule has 2 aromatic rings. The second-order valence-corrected chi connectivity index (χ2v) is 6.72. The van der Waals surface area contributed by atoms with Crippen molar-refractivity contribution in [2.24, 2.45) is 5.92 Å². The molecule has 7 heteroatoms. The maximum atomic E-state index is 12.8. The van der Waals surface area contributed by atoms with Crippen LogP contribution in [0.4, 0.5) is 0 Å². The highest BCUT2D eigenvalue weighted by atomic mass is 16.5. The van der Waals surface area contributed by atoms with Gasteiger partial charge in [0.15, 0.2) is 0 Å². The molecule has 0 unspecified atom stereocenters. The Bertz CT molecular complexity index is 752. The van der Waals surface area contributed by atoms with Gasteiger partial charge in [-0.15, -0.1) is 5.10 Å². The average Bonchev–Trinajstić information content (AvgIpc) is 3.16. The molecule has 1 saturated heterocycles. The summed E-state index contributed by atoms with van der Waals surface area (Å²) in [5.41, 5.74) is 1.69. The highest BCUT2D eigenvalue weighted by Gasteiger charge is 2.32. The third-order valence-electron chi connectivity index (χ3n) is 5.10. The van der Waals surface area contributed by atoms with E-state index in [0.29, 0.717) is 12.3 Å².